The number of nitrogens with zero attached hydrogens (tertiary/aromatic N) is 3. The molecule has 2 aromatic rings. The summed E-state index contributed by atoms with van der Waals surface area (Å²) < 4.78 is 41.5. The van der Waals surface area contributed by atoms with Gasteiger partial charge in [-0.1, -0.05) is 15.9 Å². The highest BCUT2D eigenvalue weighted by Gasteiger charge is 2.33. The molecule has 128 valence electrons. The van der Waals surface area contributed by atoms with Crippen LogP contribution in [0.25, 0.3) is 0 Å². The van der Waals surface area contributed by atoms with E-state index >= 15 is 0 Å². The number of aromatic nitrogens is 2. The monoisotopic (exact) mass is 414 g/mol. The average Bonchev–Trinajstić information content (AvgIpc) is 2.54. The molecule has 0 amide bonds. The normalized spacial score (nSPS) is 19.3. The Kier molecular flexibility index (Phi) is 4.84. The van der Waals surface area contributed by atoms with Crippen molar-refractivity contribution in [1.82, 2.24) is 14.3 Å². The number of anilines is 1. The van der Waals surface area contributed by atoms with Crippen LogP contribution in [0.2, 0.25) is 0 Å². The molecule has 24 heavy (non-hydrogen) atoms. The third kappa shape index (κ3) is 3.42. The van der Waals surface area contributed by atoms with Crippen molar-refractivity contribution in [3.8, 4) is 0 Å². The SMILES string of the molecule is Nc1nccc([C@@H]2CCCN(S(=O)(=O)c3ccc(Br)cc3F)C2)n1. The molecule has 0 bridgehead atoms. The van der Waals surface area contributed by atoms with E-state index in [0.29, 0.717) is 23.1 Å². The van der Waals surface area contributed by atoms with Crippen LogP contribution in [0.15, 0.2) is 39.8 Å². The van der Waals surface area contributed by atoms with Crippen molar-refractivity contribution in [3.63, 3.8) is 0 Å². The minimum atomic E-state index is -3.90. The maximum Gasteiger partial charge on any atom is 0.246 e. The van der Waals surface area contributed by atoms with E-state index in [-0.39, 0.29) is 23.3 Å². The number of rotatable bonds is 3. The number of hydrogen-bond acceptors (Lipinski definition) is 5. The van der Waals surface area contributed by atoms with Gasteiger partial charge in [-0.05, 0) is 37.1 Å². The fourth-order valence-electron chi connectivity index (χ4n) is 2.84. The van der Waals surface area contributed by atoms with Gasteiger partial charge in [-0.2, -0.15) is 4.31 Å². The van der Waals surface area contributed by atoms with Crippen molar-refractivity contribution >= 4 is 31.9 Å². The molecule has 1 aliphatic heterocycles. The van der Waals surface area contributed by atoms with E-state index in [0.717, 1.165) is 12.5 Å². The molecule has 0 radical (unpaired) electrons. The molecule has 0 saturated carbocycles. The number of nitrogen functional groups attached to an aromatic ring is 1. The first kappa shape index (κ1) is 17.2. The Morgan fingerprint density at radius 2 is 2.12 bits per heavy atom. The zero-order valence-electron chi connectivity index (χ0n) is 12.7. The van der Waals surface area contributed by atoms with E-state index < -0.39 is 15.8 Å². The Balaban J connectivity index is 1.88. The van der Waals surface area contributed by atoms with Crippen LogP contribution in [0.3, 0.4) is 0 Å². The smallest absolute Gasteiger partial charge is 0.246 e. The molecule has 1 aromatic carbocycles. The molecule has 0 unspecified atom stereocenters. The van der Waals surface area contributed by atoms with Gasteiger partial charge in [0.15, 0.2) is 0 Å². The molecule has 1 saturated heterocycles. The van der Waals surface area contributed by atoms with E-state index in [1.165, 1.54) is 16.4 Å². The van der Waals surface area contributed by atoms with Gasteiger partial charge in [0, 0.05) is 29.7 Å². The summed E-state index contributed by atoms with van der Waals surface area (Å²) in [5, 5.41) is 0. The van der Waals surface area contributed by atoms with Crippen LogP contribution in [0.4, 0.5) is 10.3 Å². The maximum atomic E-state index is 14.1. The first-order chi connectivity index (χ1) is 11.4. The fraction of sp³-hybridized carbons (Fsp3) is 0.333. The van der Waals surface area contributed by atoms with Crippen LogP contribution in [-0.2, 0) is 10.0 Å². The molecule has 0 aliphatic carbocycles. The number of hydrogen-bond donors (Lipinski definition) is 1. The van der Waals surface area contributed by atoms with Gasteiger partial charge in [-0.25, -0.2) is 22.8 Å². The van der Waals surface area contributed by atoms with Crippen molar-refractivity contribution in [3.05, 3.63) is 46.4 Å². The first-order valence-corrected chi connectivity index (χ1v) is 9.65. The Morgan fingerprint density at radius 3 is 2.83 bits per heavy atom. The lowest BCUT2D eigenvalue weighted by atomic mass is 9.96. The fourth-order valence-corrected chi connectivity index (χ4v) is 4.74. The van der Waals surface area contributed by atoms with Crippen LogP contribution < -0.4 is 5.73 Å². The van der Waals surface area contributed by atoms with Crippen molar-refractivity contribution in [2.45, 2.75) is 23.7 Å². The number of benzene rings is 1. The van der Waals surface area contributed by atoms with Crippen LogP contribution in [0, 0.1) is 5.82 Å². The molecule has 1 fully saturated rings. The zero-order valence-corrected chi connectivity index (χ0v) is 15.1. The predicted octanol–water partition coefficient (Wildman–Crippen LogP) is 2.53. The van der Waals surface area contributed by atoms with E-state index in [9.17, 15) is 12.8 Å². The summed E-state index contributed by atoms with van der Waals surface area (Å²) in [6.07, 6.45) is 3.02. The van der Waals surface area contributed by atoms with Crippen LogP contribution in [-0.4, -0.2) is 35.8 Å². The Morgan fingerprint density at radius 1 is 1.33 bits per heavy atom. The maximum absolute atomic E-state index is 14.1. The van der Waals surface area contributed by atoms with Gasteiger partial charge in [0.05, 0.1) is 5.69 Å². The standard InChI is InChI=1S/C15H16BrFN4O2S/c16-11-3-4-14(12(17)8-11)24(22,23)21-7-1-2-10(9-21)13-5-6-19-15(18)20-13/h3-6,8,10H,1-2,7,9H2,(H2,18,19,20)/t10-/m1/s1. The largest absolute Gasteiger partial charge is 0.368 e. The van der Waals surface area contributed by atoms with Crippen LogP contribution in [0.5, 0.6) is 0 Å². The molecule has 1 atom stereocenters. The molecule has 3 rings (SSSR count). The molecular weight excluding hydrogens is 399 g/mol. The van der Waals surface area contributed by atoms with E-state index in [4.69, 9.17) is 5.73 Å². The lowest BCUT2D eigenvalue weighted by molar-refractivity contribution is 0.311. The second-order valence-corrected chi connectivity index (χ2v) is 8.44. The highest BCUT2D eigenvalue weighted by molar-refractivity contribution is 9.10. The summed E-state index contributed by atoms with van der Waals surface area (Å²) in [5.41, 5.74) is 6.31. The second-order valence-electron chi connectivity index (χ2n) is 5.62. The highest BCUT2D eigenvalue weighted by atomic mass is 79.9. The van der Waals surface area contributed by atoms with E-state index in [1.54, 1.807) is 12.3 Å². The summed E-state index contributed by atoms with van der Waals surface area (Å²) in [7, 11) is -3.90. The number of piperidine rings is 1. The van der Waals surface area contributed by atoms with E-state index in [1.807, 2.05) is 0 Å². The second kappa shape index (κ2) is 6.73. The minimum Gasteiger partial charge on any atom is -0.368 e. The Hall–Kier alpha value is -1.58. The van der Waals surface area contributed by atoms with Crippen molar-refractivity contribution in [2.24, 2.45) is 0 Å². The summed E-state index contributed by atoms with van der Waals surface area (Å²) in [4.78, 5) is 7.72. The van der Waals surface area contributed by atoms with Gasteiger partial charge in [0.1, 0.15) is 10.7 Å². The molecule has 1 aliphatic rings. The molecular formula is C15H16BrFN4O2S. The Bertz CT molecular complexity index is 862. The molecule has 0 spiro atoms. The summed E-state index contributed by atoms with van der Waals surface area (Å²) in [6, 6.07) is 5.68. The van der Waals surface area contributed by atoms with Gasteiger partial charge in [0.25, 0.3) is 0 Å². The first-order valence-electron chi connectivity index (χ1n) is 7.41. The van der Waals surface area contributed by atoms with Gasteiger partial charge >= 0.3 is 0 Å². The predicted molar refractivity (Wildman–Crippen MR) is 91.3 cm³/mol. The quantitative estimate of drug-likeness (QED) is 0.832. The Labute approximate surface area is 148 Å². The molecule has 6 nitrogen and oxygen atoms in total. The van der Waals surface area contributed by atoms with E-state index in [2.05, 4.69) is 25.9 Å². The van der Waals surface area contributed by atoms with Crippen LogP contribution >= 0.6 is 15.9 Å². The highest BCUT2D eigenvalue weighted by Crippen LogP contribution is 2.30. The third-order valence-electron chi connectivity index (χ3n) is 4.01. The average molecular weight is 415 g/mol. The number of halogens is 2. The van der Waals surface area contributed by atoms with Crippen molar-refractivity contribution in [2.75, 3.05) is 18.8 Å². The number of nitrogens with two attached hydrogens (primary N) is 1. The number of sulfonamides is 1. The van der Waals surface area contributed by atoms with Crippen molar-refractivity contribution < 1.29 is 12.8 Å². The van der Waals surface area contributed by atoms with Crippen LogP contribution in [0.1, 0.15) is 24.5 Å². The topological polar surface area (TPSA) is 89.2 Å². The lowest BCUT2D eigenvalue weighted by Crippen LogP contribution is -2.39. The molecule has 9 heteroatoms. The third-order valence-corrected chi connectivity index (χ3v) is 6.40. The molecule has 1 aromatic heterocycles. The van der Waals surface area contributed by atoms with Gasteiger partial charge in [-0.3, -0.25) is 0 Å². The lowest BCUT2D eigenvalue weighted by Gasteiger charge is -2.31. The summed E-state index contributed by atoms with van der Waals surface area (Å²) >= 11 is 3.13. The van der Waals surface area contributed by atoms with Gasteiger partial charge in [0.2, 0.25) is 16.0 Å². The summed E-state index contributed by atoms with van der Waals surface area (Å²) in [6.45, 7) is 0.600. The summed E-state index contributed by atoms with van der Waals surface area (Å²) in [5.74, 6) is -0.693. The minimum absolute atomic E-state index is 0.0858. The van der Waals surface area contributed by atoms with Crippen molar-refractivity contribution in [1.29, 1.82) is 0 Å². The molecule has 2 heterocycles. The zero-order chi connectivity index (χ0) is 17.3. The van der Waals surface area contributed by atoms with Gasteiger partial charge in [-0.15, -0.1) is 0 Å². The molecule has 2 N–H and O–H groups in total. The van der Waals surface area contributed by atoms with Gasteiger partial charge < -0.3 is 5.73 Å².